The van der Waals surface area contributed by atoms with Crippen molar-refractivity contribution in [2.75, 3.05) is 11.9 Å². The van der Waals surface area contributed by atoms with E-state index in [1.54, 1.807) is 6.07 Å². The van der Waals surface area contributed by atoms with Gasteiger partial charge in [-0.25, -0.2) is 9.97 Å². The van der Waals surface area contributed by atoms with Crippen LogP contribution in [0.2, 0.25) is 10.4 Å². The molecular formula is C9H13Cl2N3. The lowest BCUT2D eigenvalue weighted by Gasteiger charge is -2.19. The Morgan fingerprint density at radius 1 is 1.29 bits per heavy atom. The summed E-state index contributed by atoms with van der Waals surface area (Å²) in [6, 6.07) is 1.65. The van der Waals surface area contributed by atoms with Crippen LogP contribution < -0.4 is 5.32 Å². The van der Waals surface area contributed by atoms with Gasteiger partial charge in [0.1, 0.15) is 11.0 Å². The molecule has 0 spiro atoms. The van der Waals surface area contributed by atoms with Crippen molar-refractivity contribution in [3.8, 4) is 0 Å². The van der Waals surface area contributed by atoms with Gasteiger partial charge in [0.2, 0.25) is 5.28 Å². The molecule has 78 valence electrons. The predicted molar refractivity (Wildman–Crippen MR) is 60.0 cm³/mol. The smallest absolute Gasteiger partial charge is 0.225 e. The Balaban J connectivity index is 2.68. The highest BCUT2D eigenvalue weighted by atomic mass is 35.5. The van der Waals surface area contributed by atoms with Gasteiger partial charge in [-0.3, -0.25) is 0 Å². The summed E-state index contributed by atoms with van der Waals surface area (Å²) in [4.78, 5) is 7.75. The highest BCUT2D eigenvalue weighted by Crippen LogP contribution is 2.17. The van der Waals surface area contributed by atoms with E-state index in [9.17, 15) is 0 Å². The lowest BCUT2D eigenvalue weighted by atomic mass is 9.97. The van der Waals surface area contributed by atoms with Gasteiger partial charge in [0.25, 0.3) is 0 Å². The molecule has 14 heavy (non-hydrogen) atoms. The third kappa shape index (κ3) is 4.11. The standard InChI is InChI=1S/C9H13Cl2N3/c1-9(2,3)5-12-7-4-6(10)13-8(11)14-7/h4H,5H2,1-3H3,(H,12,13,14). The van der Waals surface area contributed by atoms with E-state index in [0.29, 0.717) is 11.0 Å². The van der Waals surface area contributed by atoms with Crippen LogP contribution in [-0.2, 0) is 0 Å². The van der Waals surface area contributed by atoms with Crippen LogP contribution in [0.3, 0.4) is 0 Å². The minimum Gasteiger partial charge on any atom is -0.369 e. The van der Waals surface area contributed by atoms with Crippen LogP contribution in [0.4, 0.5) is 5.82 Å². The van der Waals surface area contributed by atoms with Gasteiger partial charge in [0, 0.05) is 12.6 Å². The Kier molecular flexibility index (Phi) is 3.56. The molecule has 1 heterocycles. The van der Waals surface area contributed by atoms with Gasteiger partial charge in [-0.2, -0.15) is 0 Å². The molecule has 0 radical (unpaired) electrons. The summed E-state index contributed by atoms with van der Waals surface area (Å²) < 4.78 is 0. The van der Waals surface area contributed by atoms with Gasteiger partial charge < -0.3 is 5.32 Å². The summed E-state index contributed by atoms with van der Waals surface area (Å²) in [5.41, 5.74) is 0.184. The Morgan fingerprint density at radius 3 is 2.43 bits per heavy atom. The van der Waals surface area contributed by atoms with Gasteiger partial charge in [-0.05, 0) is 17.0 Å². The van der Waals surface area contributed by atoms with Crippen molar-refractivity contribution in [3.63, 3.8) is 0 Å². The molecule has 1 aromatic heterocycles. The molecule has 0 unspecified atom stereocenters. The van der Waals surface area contributed by atoms with Crippen molar-refractivity contribution in [2.45, 2.75) is 20.8 Å². The molecular weight excluding hydrogens is 221 g/mol. The van der Waals surface area contributed by atoms with Crippen molar-refractivity contribution in [1.82, 2.24) is 9.97 Å². The Labute approximate surface area is 93.9 Å². The molecule has 0 amide bonds. The zero-order valence-corrected chi connectivity index (χ0v) is 9.95. The molecule has 0 saturated heterocycles. The molecule has 0 aromatic carbocycles. The van der Waals surface area contributed by atoms with Gasteiger partial charge in [-0.1, -0.05) is 32.4 Å². The van der Waals surface area contributed by atoms with Crippen molar-refractivity contribution in [3.05, 3.63) is 16.5 Å². The second-order valence-corrected chi connectivity index (χ2v) is 4.98. The lowest BCUT2D eigenvalue weighted by molar-refractivity contribution is 0.442. The fraction of sp³-hybridized carbons (Fsp3) is 0.556. The minimum atomic E-state index is 0.161. The molecule has 0 aliphatic carbocycles. The highest BCUT2D eigenvalue weighted by molar-refractivity contribution is 6.32. The first-order chi connectivity index (χ1) is 6.37. The average molecular weight is 234 g/mol. The van der Waals surface area contributed by atoms with E-state index >= 15 is 0 Å². The molecule has 1 aromatic rings. The molecule has 3 nitrogen and oxygen atoms in total. The molecule has 0 saturated carbocycles. The molecule has 0 fully saturated rings. The molecule has 0 aliphatic heterocycles. The summed E-state index contributed by atoms with van der Waals surface area (Å²) in [5.74, 6) is 0.657. The number of halogens is 2. The van der Waals surface area contributed by atoms with Crippen molar-refractivity contribution in [2.24, 2.45) is 5.41 Å². The third-order valence-corrected chi connectivity index (χ3v) is 1.83. The number of nitrogens with one attached hydrogen (secondary N) is 1. The second-order valence-electron chi connectivity index (χ2n) is 4.26. The topological polar surface area (TPSA) is 37.8 Å². The van der Waals surface area contributed by atoms with E-state index in [0.717, 1.165) is 6.54 Å². The fourth-order valence-corrected chi connectivity index (χ4v) is 1.24. The fourth-order valence-electron chi connectivity index (χ4n) is 0.836. The number of hydrogen-bond donors (Lipinski definition) is 1. The normalized spacial score (nSPS) is 11.5. The Morgan fingerprint density at radius 2 is 1.93 bits per heavy atom. The number of hydrogen-bond acceptors (Lipinski definition) is 3. The van der Waals surface area contributed by atoms with Crippen LogP contribution in [0.15, 0.2) is 6.07 Å². The van der Waals surface area contributed by atoms with E-state index in [2.05, 4.69) is 36.1 Å². The van der Waals surface area contributed by atoms with Crippen LogP contribution >= 0.6 is 23.2 Å². The van der Waals surface area contributed by atoms with Gasteiger partial charge in [-0.15, -0.1) is 0 Å². The van der Waals surface area contributed by atoms with Crippen LogP contribution in [0.25, 0.3) is 0 Å². The summed E-state index contributed by atoms with van der Waals surface area (Å²) in [6.07, 6.45) is 0. The molecule has 0 aliphatic rings. The highest BCUT2D eigenvalue weighted by Gasteiger charge is 2.10. The van der Waals surface area contributed by atoms with Crippen LogP contribution in [0.1, 0.15) is 20.8 Å². The largest absolute Gasteiger partial charge is 0.369 e. The van der Waals surface area contributed by atoms with Crippen LogP contribution in [0, 0.1) is 5.41 Å². The minimum absolute atomic E-state index is 0.161. The maximum Gasteiger partial charge on any atom is 0.225 e. The maximum absolute atomic E-state index is 5.72. The zero-order valence-electron chi connectivity index (χ0n) is 8.43. The van der Waals surface area contributed by atoms with Gasteiger partial charge >= 0.3 is 0 Å². The summed E-state index contributed by atoms with van der Waals surface area (Å²) in [7, 11) is 0. The van der Waals surface area contributed by atoms with Gasteiger partial charge in [0.15, 0.2) is 0 Å². The predicted octanol–water partition coefficient (Wildman–Crippen LogP) is 3.24. The van der Waals surface area contributed by atoms with E-state index < -0.39 is 0 Å². The monoisotopic (exact) mass is 233 g/mol. The average Bonchev–Trinajstić information content (AvgIpc) is 1.97. The van der Waals surface area contributed by atoms with E-state index in [1.807, 2.05) is 0 Å². The number of anilines is 1. The number of nitrogens with zero attached hydrogens (tertiary/aromatic N) is 2. The quantitative estimate of drug-likeness (QED) is 0.630. The first-order valence-corrected chi connectivity index (χ1v) is 5.06. The summed E-state index contributed by atoms with van der Waals surface area (Å²) in [6.45, 7) is 7.19. The molecule has 1 rings (SSSR count). The second kappa shape index (κ2) is 4.32. The zero-order chi connectivity index (χ0) is 10.8. The molecule has 1 N–H and O–H groups in total. The van der Waals surface area contributed by atoms with E-state index in [4.69, 9.17) is 23.2 Å². The number of aromatic nitrogens is 2. The number of rotatable bonds is 2. The Hall–Kier alpha value is -0.540. The van der Waals surface area contributed by atoms with Crippen LogP contribution in [0.5, 0.6) is 0 Å². The molecule has 5 heteroatoms. The van der Waals surface area contributed by atoms with Crippen molar-refractivity contribution in [1.29, 1.82) is 0 Å². The first-order valence-electron chi connectivity index (χ1n) is 4.31. The first kappa shape index (κ1) is 11.5. The van der Waals surface area contributed by atoms with Gasteiger partial charge in [0.05, 0.1) is 0 Å². The Bertz CT molecular complexity index is 300. The van der Waals surface area contributed by atoms with E-state index in [1.165, 1.54) is 0 Å². The summed E-state index contributed by atoms with van der Waals surface area (Å²) in [5, 5.41) is 3.66. The summed E-state index contributed by atoms with van der Waals surface area (Å²) >= 11 is 11.4. The molecule has 0 atom stereocenters. The maximum atomic E-state index is 5.72. The van der Waals surface area contributed by atoms with Crippen LogP contribution in [-0.4, -0.2) is 16.5 Å². The lowest BCUT2D eigenvalue weighted by Crippen LogP contribution is -2.19. The molecule has 0 bridgehead atoms. The third-order valence-electron chi connectivity index (χ3n) is 1.47. The van der Waals surface area contributed by atoms with E-state index in [-0.39, 0.29) is 10.7 Å². The van der Waals surface area contributed by atoms with Crippen molar-refractivity contribution < 1.29 is 0 Å². The van der Waals surface area contributed by atoms with Crippen molar-refractivity contribution >= 4 is 29.0 Å². The SMILES string of the molecule is CC(C)(C)CNc1cc(Cl)nc(Cl)n1.